The number of methoxy groups -OCH3 is 2. The van der Waals surface area contributed by atoms with Crippen molar-refractivity contribution in [2.45, 2.75) is 13.3 Å². The first kappa shape index (κ1) is 15.6. The molecule has 1 heterocycles. The van der Waals surface area contributed by atoms with E-state index >= 15 is 0 Å². The molecule has 0 fully saturated rings. The zero-order valence-electron chi connectivity index (χ0n) is 11.4. The van der Waals surface area contributed by atoms with Crippen LogP contribution in [0.1, 0.15) is 34.3 Å². The molecule has 0 radical (unpaired) electrons. The van der Waals surface area contributed by atoms with Crippen molar-refractivity contribution >= 4 is 23.5 Å². The molecule has 1 aromatic rings. The van der Waals surface area contributed by atoms with Gasteiger partial charge in [0.15, 0.2) is 5.78 Å². The van der Waals surface area contributed by atoms with Crippen LogP contribution < -0.4 is 0 Å². The molecule has 108 valence electrons. The highest BCUT2D eigenvalue weighted by Crippen LogP contribution is 2.13. The Hall–Kier alpha value is -2.44. The fourth-order valence-corrected chi connectivity index (χ4v) is 1.62. The van der Waals surface area contributed by atoms with Crippen LogP contribution in [0, 0.1) is 5.92 Å². The molecule has 1 atom stereocenters. The first-order chi connectivity index (χ1) is 9.40. The maximum absolute atomic E-state index is 12.0. The number of hydrogen-bond acceptors (Lipinski definition) is 6. The summed E-state index contributed by atoms with van der Waals surface area (Å²) < 4.78 is 8.97. The lowest BCUT2D eigenvalue weighted by atomic mass is 9.97. The average molecular weight is 281 g/mol. The van der Waals surface area contributed by atoms with Crippen LogP contribution in [0.25, 0.3) is 0 Å². The molecular formula is C13H15NO6. The number of hydrogen-bond donors (Lipinski definition) is 1. The normalized spacial score (nSPS) is 11.6. The Kier molecular flexibility index (Phi) is 5.19. The van der Waals surface area contributed by atoms with Crippen LogP contribution in [-0.4, -0.2) is 42.7 Å². The van der Waals surface area contributed by atoms with Gasteiger partial charge in [-0.15, -0.1) is 0 Å². The molecule has 0 bridgehead atoms. The lowest BCUT2D eigenvalue weighted by Crippen LogP contribution is -2.26. The number of ether oxygens (including phenoxy) is 2. The number of Topliss-reactive ketones (excluding diaryl/α,β-unsaturated/α-hetero) is 2. The maximum Gasteiger partial charge on any atom is 0.354 e. The number of aromatic amines is 1. The molecule has 0 saturated heterocycles. The molecule has 7 nitrogen and oxygen atoms in total. The highest BCUT2D eigenvalue weighted by Gasteiger charge is 2.28. The molecule has 0 aliphatic heterocycles. The summed E-state index contributed by atoms with van der Waals surface area (Å²) >= 11 is 0. The number of rotatable bonds is 6. The molecule has 0 aliphatic rings. The van der Waals surface area contributed by atoms with Crippen LogP contribution in [-0.2, 0) is 19.1 Å². The molecule has 1 rings (SSSR count). The van der Waals surface area contributed by atoms with E-state index in [1.54, 1.807) is 0 Å². The summed E-state index contributed by atoms with van der Waals surface area (Å²) in [4.78, 5) is 48.5. The SMILES string of the molecule is COC(=O)c1ccc(C(=O)CC(C(C)=O)C(=O)OC)[nH]1. The fraction of sp³-hybridized carbons (Fsp3) is 0.385. The highest BCUT2D eigenvalue weighted by atomic mass is 16.5. The summed E-state index contributed by atoms with van der Waals surface area (Å²) in [5, 5.41) is 0. The molecule has 0 aromatic carbocycles. The van der Waals surface area contributed by atoms with E-state index in [9.17, 15) is 19.2 Å². The zero-order valence-corrected chi connectivity index (χ0v) is 11.4. The first-order valence-corrected chi connectivity index (χ1v) is 5.79. The van der Waals surface area contributed by atoms with E-state index in [1.165, 1.54) is 26.2 Å². The van der Waals surface area contributed by atoms with Crippen molar-refractivity contribution in [1.29, 1.82) is 0 Å². The lowest BCUT2D eigenvalue weighted by Gasteiger charge is -2.09. The van der Waals surface area contributed by atoms with Gasteiger partial charge in [0.1, 0.15) is 17.4 Å². The Balaban J connectivity index is 2.84. The summed E-state index contributed by atoms with van der Waals surface area (Å²) in [6, 6.07) is 2.78. The Morgan fingerprint density at radius 3 is 2.20 bits per heavy atom. The van der Waals surface area contributed by atoms with Gasteiger partial charge in [0, 0.05) is 6.42 Å². The predicted octanol–water partition coefficient (Wildman–Crippen LogP) is 0.752. The van der Waals surface area contributed by atoms with Crippen molar-refractivity contribution in [3.05, 3.63) is 23.5 Å². The second kappa shape index (κ2) is 6.65. The monoisotopic (exact) mass is 281 g/mol. The standard InChI is InChI=1S/C13H15NO6/c1-7(15)8(12(17)19-2)6-11(16)9-4-5-10(14-9)13(18)20-3/h4-5,8,14H,6H2,1-3H3. The summed E-state index contributed by atoms with van der Waals surface area (Å²) in [6.07, 6.45) is -0.316. The van der Waals surface area contributed by atoms with Gasteiger partial charge in [0.05, 0.1) is 19.9 Å². The summed E-state index contributed by atoms with van der Waals surface area (Å²) in [7, 11) is 2.36. The molecular weight excluding hydrogens is 266 g/mol. The number of aromatic nitrogens is 1. The van der Waals surface area contributed by atoms with E-state index in [1.807, 2.05) is 0 Å². The molecule has 1 aromatic heterocycles. The van der Waals surface area contributed by atoms with Crippen molar-refractivity contribution in [3.8, 4) is 0 Å². The van der Waals surface area contributed by atoms with E-state index < -0.39 is 29.4 Å². The Morgan fingerprint density at radius 1 is 1.10 bits per heavy atom. The number of nitrogens with one attached hydrogen (secondary N) is 1. The minimum Gasteiger partial charge on any atom is -0.468 e. The quantitative estimate of drug-likeness (QED) is 0.469. The van der Waals surface area contributed by atoms with Crippen LogP contribution >= 0.6 is 0 Å². The van der Waals surface area contributed by atoms with E-state index in [2.05, 4.69) is 14.5 Å². The Bertz CT molecular complexity index is 545. The molecule has 1 unspecified atom stereocenters. The van der Waals surface area contributed by atoms with Gasteiger partial charge in [-0.25, -0.2) is 4.79 Å². The summed E-state index contributed by atoms with van der Waals surface area (Å²) in [5.74, 6) is -3.43. The second-order valence-corrected chi connectivity index (χ2v) is 4.09. The molecule has 0 saturated carbocycles. The van der Waals surface area contributed by atoms with Gasteiger partial charge in [-0.1, -0.05) is 0 Å². The third-order valence-corrected chi connectivity index (χ3v) is 2.76. The molecule has 0 spiro atoms. The van der Waals surface area contributed by atoms with Gasteiger partial charge >= 0.3 is 11.9 Å². The average Bonchev–Trinajstić information content (AvgIpc) is 2.92. The summed E-state index contributed by atoms with van der Waals surface area (Å²) in [5.41, 5.74) is 0.244. The Labute approximate surface area is 115 Å². The molecule has 1 N–H and O–H groups in total. The van der Waals surface area contributed by atoms with Gasteiger partial charge in [-0.05, 0) is 19.1 Å². The topological polar surface area (TPSA) is 103 Å². The van der Waals surface area contributed by atoms with Crippen molar-refractivity contribution in [2.75, 3.05) is 14.2 Å². The minimum absolute atomic E-state index is 0.119. The minimum atomic E-state index is -1.14. The van der Waals surface area contributed by atoms with Crippen LogP contribution in [0.5, 0.6) is 0 Å². The first-order valence-electron chi connectivity index (χ1n) is 5.79. The largest absolute Gasteiger partial charge is 0.468 e. The number of carbonyl (C=O) groups excluding carboxylic acids is 4. The zero-order chi connectivity index (χ0) is 15.3. The van der Waals surface area contributed by atoms with E-state index in [-0.39, 0.29) is 17.8 Å². The third kappa shape index (κ3) is 3.53. The smallest absolute Gasteiger partial charge is 0.354 e. The highest BCUT2D eigenvalue weighted by molar-refractivity contribution is 6.05. The van der Waals surface area contributed by atoms with Gasteiger partial charge in [-0.3, -0.25) is 14.4 Å². The van der Waals surface area contributed by atoms with Crippen molar-refractivity contribution in [1.82, 2.24) is 4.98 Å². The number of H-pyrrole nitrogens is 1. The van der Waals surface area contributed by atoms with Gasteiger partial charge in [0.2, 0.25) is 0 Å². The molecule has 0 aliphatic carbocycles. The number of esters is 2. The summed E-state index contributed by atoms with van der Waals surface area (Å²) in [6.45, 7) is 1.21. The molecule has 7 heteroatoms. The van der Waals surface area contributed by atoms with Gasteiger partial charge in [0.25, 0.3) is 0 Å². The molecule has 20 heavy (non-hydrogen) atoms. The third-order valence-electron chi connectivity index (χ3n) is 2.76. The van der Waals surface area contributed by atoms with E-state index in [0.29, 0.717) is 0 Å². The fourth-order valence-electron chi connectivity index (χ4n) is 1.62. The van der Waals surface area contributed by atoms with Gasteiger partial charge < -0.3 is 14.5 Å². The molecule has 0 amide bonds. The van der Waals surface area contributed by atoms with Crippen molar-refractivity contribution < 1.29 is 28.7 Å². The van der Waals surface area contributed by atoms with Crippen LogP contribution in [0.3, 0.4) is 0 Å². The van der Waals surface area contributed by atoms with E-state index in [4.69, 9.17) is 0 Å². The van der Waals surface area contributed by atoms with Crippen molar-refractivity contribution in [2.24, 2.45) is 5.92 Å². The predicted molar refractivity (Wildman–Crippen MR) is 67.3 cm³/mol. The van der Waals surface area contributed by atoms with Gasteiger partial charge in [-0.2, -0.15) is 0 Å². The van der Waals surface area contributed by atoms with E-state index in [0.717, 1.165) is 7.11 Å². The number of carbonyl (C=O) groups is 4. The van der Waals surface area contributed by atoms with Crippen LogP contribution in [0.15, 0.2) is 12.1 Å². The van der Waals surface area contributed by atoms with Crippen LogP contribution in [0.4, 0.5) is 0 Å². The van der Waals surface area contributed by atoms with Crippen molar-refractivity contribution in [3.63, 3.8) is 0 Å². The number of ketones is 2. The second-order valence-electron chi connectivity index (χ2n) is 4.09. The maximum atomic E-state index is 12.0. The Morgan fingerprint density at radius 2 is 1.70 bits per heavy atom. The lowest BCUT2D eigenvalue weighted by molar-refractivity contribution is -0.148. The van der Waals surface area contributed by atoms with Crippen LogP contribution in [0.2, 0.25) is 0 Å².